The number of hydrogen-bond donors (Lipinski definition) is 1. The maximum atomic E-state index is 13.9. The molecule has 160 valence electrons. The summed E-state index contributed by atoms with van der Waals surface area (Å²) in [5.74, 6) is -1.67. The van der Waals surface area contributed by atoms with E-state index in [1.165, 1.54) is 23.5 Å². The van der Waals surface area contributed by atoms with Gasteiger partial charge in [0.05, 0.1) is 40.1 Å². The maximum Gasteiger partial charge on any atom is 0.355 e. The van der Waals surface area contributed by atoms with E-state index in [0.29, 0.717) is 9.87 Å². The van der Waals surface area contributed by atoms with Gasteiger partial charge in [-0.15, -0.1) is 15.7 Å². The molecule has 1 aromatic heterocycles. The number of ether oxygens (including phenoxy) is 1. The highest BCUT2D eigenvalue weighted by atomic mass is 35.5. The summed E-state index contributed by atoms with van der Waals surface area (Å²) in [4.78, 5) is 16.6. The second kappa shape index (κ2) is 7.91. The van der Waals surface area contributed by atoms with Gasteiger partial charge >= 0.3 is 16.2 Å². The molecule has 0 fully saturated rings. The molecule has 0 bridgehead atoms. The van der Waals surface area contributed by atoms with Crippen LogP contribution in [0.2, 0.25) is 5.02 Å². The highest BCUT2D eigenvalue weighted by Gasteiger charge is 2.34. The number of thiazole rings is 1. The highest BCUT2D eigenvalue weighted by Crippen LogP contribution is 2.29. The van der Waals surface area contributed by atoms with Crippen LogP contribution in [-0.2, 0) is 26.3 Å². The van der Waals surface area contributed by atoms with Crippen LogP contribution in [-0.4, -0.2) is 36.5 Å². The average Bonchev–Trinajstić information content (AvgIpc) is 3.20. The van der Waals surface area contributed by atoms with Crippen LogP contribution < -0.4 is 5.73 Å². The molecule has 8 nitrogen and oxygen atoms in total. The zero-order valence-corrected chi connectivity index (χ0v) is 18.3. The van der Waals surface area contributed by atoms with Crippen LogP contribution in [0, 0.1) is 5.82 Å². The number of hydrogen-bond acceptors (Lipinski definition) is 7. The van der Waals surface area contributed by atoms with Gasteiger partial charge in [-0.2, -0.15) is 8.42 Å². The first-order valence-electron chi connectivity index (χ1n) is 8.69. The molecule has 2 N–H and O–H groups in total. The largest absolute Gasteiger partial charge is 0.464 e. The van der Waals surface area contributed by atoms with E-state index in [-0.39, 0.29) is 27.7 Å². The lowest BCUT2D eigenvalue weighted by Crippen LogP contribution is -2.36. The Labute approximate surface area is 185 Å². The van der Waals surface area contributed by atoms with Crippen LogP contribution in [0.25, 0.3) is 10.2 Å². The van der Waals surface area contributed by atoms with Crippen LogP contribution >= 0.6 is 22.9 Å². The predicted octanol–water partition coefficient (Wildman–Crippen LogP) is 3.28. The van der Waals surface area contributed by atoms with Crippen molar-refractivity contribution in [3.63, 3.8) is 0 Å². The summed E-state index contributed by atoms with van der Waals surface area (Å²) in [6, 6.07) is 7.30. The molecule has 0 aliphatic carbocycles. The van der Waals surface area contributed by atoms with Crippen LogP contribution in [0.5, 0.6) is 0 Å². The van der Waals surface area contributed by atoms with Gasteiger partial charge in [-0.1, -0.05) is 17.7 Å². The second-order valence-corrected chi connectivity index (χ2v) is 9.29. The van der Waals surface area contributed by atoms with Gasteiger partial charge in [0.25, 0.3) is 0 Å². The van der Waals surface area contributed by atoms with E-state index in [2.05, 4.69) is 9.38 Å². The Morgan fingerprint density at radius 3 is 2.84 bits per heavy atom. The Morgan fingerprint density at radius 1 is 1.32 bits per heavy atom. The smallest absolute Gasteiger partial charge is 0.355 e. The minimum atomic E-state index is -4.37. The normalized spacial score (nSPS) is 15.5. The Bertz CT molecular complexity index is 1380. The lowest BCUT2D eigenvalue weighted by molar-refractivity contribution is -0.137. The van der Waals surface area contributed by atoms with Gasteiger partial charge < -0.3 is 10.5 Å². The number of nitrogen functional groups attached to an aromatic ring is 1. The molecule has 0 unspecified atom stereocenters. The number of benzene rings is 2. The number of carbonyl (C=O) groups is 1. The Morgan fingerprint density at radius 2 is 2.10 bits per heavy atom. The number of anilines is 1. The summed E-state index contributed by atoms with van der Waals surface area (Å²) < 4.78 is 50.1. The van der Waals surface area contributed by atoms with E-state index in [9.17, 15) is 17.6 Å². The number of nitrogens with two attached hydrogens (primary N) is 1. The quantitative estimate of drug-likeness (QED) is 0.452. The Hall–Kier alpha value is -3.02. The second-order valence-electron chi connectivity index (χ2n) is 6.48. The summed E-state index contributed by atoms with van der Waals surface area (Å²) in [6.45, 7) is -0.437. The molecule has 31 heavy (non-hydrogen) atoms. The zero-order valence-electron chi connectivity index (χ0n) is 15.9. The molecule has 0 saturated carbocycles. The van der Waals surface area contributed by atoms with Crippen molar-refractivity contribution in [2.45, 2.75) is 6.54 Å². The first-order valence-corrected chi connectivity index (χ1v) is 11.3. The minimum absolute atomic E-state index is 0.0576. The SMILES string of the molecule is COC(=O)C1=CC(c2ccc3ncsc3c2)=NS(=O)(=O)N1Cc1cc(F)c(Cl)cc1N. The fourth-order valence-corrected chi connectivity index (χ4v) is 5.07. The van der Waals surface area contributed by atoms with Gasteiger partial charge in [-0.3, -0.25) is 0 Å². The third-order valence-electron chi connectivity index (χ3n) is 4.55. The lowest BCUT2D eigenvalue weighted by atomic mass is 10.1. The molecule has 4 rings (SSSR count). The number of fused-ring (bicyclic) bond motifs is 1. The molecule has 2 aromatic carbocycles. The summed E-state index contributed by atoms with van der Waals surface area (Å²) in [5.41, 5.74) is 8.72. The van der Waals surface area contributed by atoms with Crippen molar-refractivity contribution >= 4 is 60.7 Å². The van der Waals surface area contributed by atoms with Crippen molar-refractivity contribution in [1.82, 2.24) is 9.29 Å². The molecule has 0 saturated heterocycles. The van der Waals surface area contributed by atoms with Gasteiger partial charge in [0.15, 0.2) is 0 Å². The number of esters is 1. The number of halogens is 2. The molecule has 12 heteroatoms. The van der Waals surface area contributed by atoms with Crippen LogP contribution in [0.4, 0.5) is 10.1 Å². The first-order chi connectivity index (χ1) is 14.7. The Balaban J connectivity index is 1.80. The average molecular weight is 481 g/mol. The van der Waals surface area contributed by atoms with Crippen molar-refractivity contribution < 1.29 is 22.3 Å². The molecule has 1 aliphatic rings. The van der Waals surface area contributed by atoms with Gasteiger partial charge in [-0.05, 0) is 35.9 Å². The first kappa shape index (κ1) is 21.2. The van der Waals surface area contributed by atoms with E-state index >= 15 is 0 Å². The van der Waals surface area contributed by atoms with Crippen LogP contribution in [0.1, 0.15) is 11.1 Å². The molecule has 1 aliphatic heterocycles. The monoisotopic (exact) mass is 480 g/mol. The van der Waals surface area contributed by atoms with Crippen molar-refractivity contribution in [3.8, 4) is 0 Å². The minimum Gasteiger partial charge on any atom is -0.464 e. The van der Waals surface area contributed by atoms with Crippen molar-refractivity contribution in [1.29, 1.82) is 0 Å². The van der Waals surface area contributed by atoms with Gasteiger partial charge in [0, 0.05) is 11.3 Å². The number of carbonyl (C=O) groups excluding carboxylic acids is 1. The maximum absolute atomic E-state index is 13.9. The molecule has 2 heterocycles. The Kier molecular flexibility index (Phi) is 5.42. The summed E-state index contributed by atoms with van der Waals surface area (Å²) >= 11 is 7.09. The topological polar surface area (TPSA) is 115 Å². The number of aromatic nitrogens is 1. The standard InChI is InChI=1S/C19H14ClFN4O4S2/c1-29-19(26)17-7-16(10-2-3-15-18(5-10)30-9-23-15)24-31(27,28)25(17)8-11-4-13(21)12(20)6-14(11)22/h2-7,9H,8,22H2,1H3. The molecule has 0 amide bonds. The van der Waals surface area contributed by atoms with Crippen LogP contribution in [0.15, 0.2) is 52.0 Å². The molecule has 0 radical (unpaired) electrons. The van der Waals surface area contributed by atoms with E-state index in [1.54, 1.807) is 23.7 Å². The third kappa shape index (κ3) is 3.99. The summed E-state index contributed by atoms with van der Waals surface area (Å²) in [7, 11) is -3.25. The number of nitrogens with zero attached hydrogens (tertiary/aromatic N) is 3. The lowest BCUT2D eigenvalue weighted by Gasteiger charge is -2.27. The number of rotatable bonds is 4. The fourth-order valence-electron chi connectivity index (χ4n) is 3.00. The van der Waals surface area contributed by atoms with E-state index < -0.39 is 28.5 Å². The molecule has 0 atom stereocenters. The van der Waals surface area contributed by atoms with Gasteiger partial charge in [-0.25, -0.2) is 18.5 Å². The molecular weight excluding hydrogens is 467 g/mol. The fraction of sp³-hybridized carbons (Fsp3) is 0.105. The van der Waals surface area contributed by atoms with Crippen molar-refractivity contribution in [2.24, 2.45) is 4.40 Å². The van der Waals surface area contributed by atoms with Crippen molar-refractivity contribution in [3.05, 3.63) is 69.6 Å². The molecule has 3 aromatic rings. The summed E-state index contributed by atoms with van der Waals surface area (Å²) in [5, 5.41) is -0.203. The van der Waals surface area contributed by atoms with Gasteiger partial charge in [0.2, 0.25) is 0 Å². The number of allylic oxidation sites excluding steroid dienone is 1. The summed E-state index contributed by atoms with van der Waals surface area (Å²) in [6.07, 6.45) is 1.30. The van der Waals surface area contributed by atoms with E-state index in [0.717, 1.165) is 23.4 Å². The molecule has 0 spiro atoms. The van der Waals surface area contributed by atoms with Crippen LogP contribution in [0.3, 0.4) is 0 Å². The van der Waals surface area contributed by atoms with E-state index in [1.807, 2.05) is 0 Å². The van der Waals surface area contributed by atoms with Crippen molar-refractivity contribution in [2.75, 3.05) is 12.8 Å². The highest BCUT2D eigenvalue weighted by molar-refractivity contribution is 7.88. The third-order valence-corrected chi connectivity index (χ3v) is 6.94. The predicted molar refractivity (Wildman–Crippen MR) is 117 cm³/mol. The molecular formula is C19H14ClFN4O4S2. The number of methoxy groups -OCH3 is 1. The van der Waals surface area contributed by atoms with E-state index in [4.69, 9.17) is 22.1 Å². The zero-order chi connectivity index (χ0) is 22.3. The van der Waals surface area contributed by atoms with Gasteiger partial charge in [0.1, 0.15) is 11.5 Å².